The van der Waals surface area contributed by atoms with E-state index in [1.807, 2.05) is 13.1 Å². The second-order valence-electron chi connectivity index (χ2n) is 3.16. The van der Waals surface area contributed by atoms with Gasteiger partial charge in [-0.05, 0) is 47.8 Å². The molecule has 0 spiro atoms. The summed E-state index contributed by atoms with van der Waals surface area (Å²) in [5.41, 5.74) is 1.10. The van der Waals surface area contributed by atoms with Crippen LogP contribution in [-0.2, 0) is 6.54 Å². The average Bonchev–Trinajstić information content (AvgIpc) is 2.71. The van der Waals surface area contributed by atoms with Crippen LogP contribution in [-0.4, -0.2) is 17.2 Å². The molecule has 0 unspecified atom stereocenters. The molecule has 2 aromatic rings. The number of hydrogen-bond acceptors (Lipinski definition) is 4. The Morgan fingerprint density at radius 3 is 3.00 bits per heavy atom. The third-order valence-electron chi connectivity index (χ3n) is 1.95. The lowest BCUT2D eigenvalue weighted by atomic mass is 10.2. The molecule has 0 aliphatic carbocycles. The molecule has 0 saturated heterocycles. The van der Waals surface area contributed by atoms with E-state index in [9.17, 15) is 0 Å². The van der Waals surface area contributed by atoms with E-state index in [0.29, 0.717) is 0 Å². The monoisotopic (exact) mass is 409 g/mol. The molecule has 0 saturated carbocycles. The minimum absolute atomic E-state index is 0.763. The number of nitrogens with zero attached hydrogens (tertiary/aromatic N) is 2. The molecule has 0 bridgehead atoms. The van der Waals surface area contributed by atoms with E-state index in [4.69, 9.17) is 0 Å². The van der Waals surface area contributed by atoms with Gasteiger partial charge in [-0.25, -0.2) is 0 Å². The molecule has 2 rings (SSSR count). The Balaban J connectivity index is 2.38. The van der Waals surface area contributed by atoms with E-state index >= 15 is 0 Å². The first-order chi connectivity index (χ1) is 7.70. The van der Waals surface area contributed by atoms with Gasteiger partial charge >= 0.3 is 0 Å². The maximum atomic E-state index is 4.20. The molecule has 1 N–H and O–H groups in total. The fourth-order valence-corrected chi connectivity index (χ4v) is 3.19. The van der Waals surface area contributed by atoms with E-state index < -0.39 is 0 Å². The molecule has 0 radical (unpaired) electrons. The summed E-state index contributed by atoms with van der Waals surface area (Å²) < 4.78 is 2.25. The van der Waals surface area contributed by atoms with E-state index in [1.54, 1.807) is 11.3 Å². The third kappa shape index (κ3) is 2.79. The summed E-state index contributed by atoms with van der Waals surface area (Å²) in [6, 6.07) is 6.20. The molecule has 16 heavy (non-hydrogen) atoms. The first-order valence-electron chi connectivity index (χ1n) is 4.63. The molecule has 0 fully saturated rings. The van der Waals surface area contributed by atoms with Crippen molar-refractivity contribution < 1.29 is 0 Å². The van der Waals surface area contributed by atoms with Crippen molar-refractivity contribution in [3.63, 3.8) is 0 Å². The van der Waals surface area contributed by atoms with Crippen LogP contribution in [0.4, 0.5) is 0 Å². The van der Waals surface area contributed by atoms with E-state index in [-0.39, 0.29) is 0 Å². The molecule has 0 atom stereocenters. The molecule has 0 amide bonds. The first-order valence-corrected chi connectivity index (χ1v) is 7.32. The summed E-state index contributed by atoms with van der Waals surface area (Å²) in [6.45, 7) is 0.763. The highest BCUT2D eigenvalue weighted by molar-refractivity contribution is 14.1. The predicted molar refractivity (Wildman–Crippen MR) is 78.5 cm³/mol. The van der Waals surface area contributed by atoms with Crippen molar-refractivity contribution >= 4 is 49.9 Å². The SMILES string of the molecule is CNCc1nnc(-c2cc(I)ccc2Br)s1. The van der Waals surface area contributed by atoms with Gasteiger partial charge in [-0.1, -0.05) is 27.3 Å². The Hall–Kier alpha value is -0.0500. The van der Waals surface area contributed by atoms with Gasteiger partial charge in [0.1, 0.15) is 10.0 Å². The van der Waals surface area contributed by atoms with Crippen molar-refractivity contribution in [2.45, 2.75) is 6.54 Å². The Bertz CT molecular complexity index is 501. The molecule has 6 heteroatoms. The molecule has 0 aliphatic rings. The highest BCUT2D eigenvalue weighted by Crippen LogP contribution is 2.31. The van der Waals surface area contributed by atoms with Crippen LogP contribution < -0.4 is 5.32 Å². The van der Waals surface area contributed by atoms with E-state index in [2.05, 4.69) is 66.2 Å². The van der Waals surface area contributed by atoms with Crippen molar-refractivity contribution in [1.82, 2.24) is 15.5 Å². The minimum atomic E-state index is 0.763. The van der Waals surface area contributed by atoms with Gasteiger partial charge in [0, 0.05) is 20.2 Å². The van der Waals surface area contributed by atoms with Gasteiger partial charge in [-0.15, -0.1) is 10.2 Å². The second kappa shape index (κ2) is 5.52. The Morgan fingerprint density at radius 2 is 2.25 bits per heavy atom. The molecule has 0 aliphatic heterocycles. The van der Waals surface area contributed by atoms with E-state index in [0.717, 1.165) is 26.6 Å². The lowest BCUT2D eigenvalue weighted by Crippen LogP contribution is -2.04. The lowest BCUT2D eigenvalue weighted by Gasteiger charge is -2.00. The van der Waals surface area contributed by atoms with Gasteiger partial charge in [0.25, 0.3) is 0 Å². The molecule has 1 aromatic heterocycles. The van der Waals surface area contributed by atoms with Gasteiger partial charge in [0.15, 0.2) is 0 Å². The number of halogens is 2. The summed E-state index contributed by atoms with van der Waals surface area (Å²) in [5, 5.41) is 13.4. The van der Waals surface area contributed by atoms with Crippen LogP contribution in [0.3, 0.4) is 0 Å². The standard InChI is InChI=1S/C10H9BrIN3S/c1-13-5-9-14-15-10(16-9)7-4-6(12)2-3-8(7)11/h2-4,13H,5H2,1H3. The summed E-state index contributed by atoms with van der Waals surface area (Å²) >= 11 is 7.45. The first kappa shape index (κ1) is 12.4. The van der Waals surface area contributed by atoms with Crippen molar-refractivity contribution in [2.24, 2.45) is 0 Å². The zero-order valence-corrected chi connectivity index (χ0v) is 13.1. The van der Waals surface area contributed by atoms with Crippen molar-refractivity contribution in [3.8, 4) is 10.6 Å². The second-order valence-corrected chi connectivity index (χ2v) is 6.32. The van der Waals surface area contributed by atoms with E-state index in [1.165, 1.54) is 3.57 Å². The molecular weight excluding hydrogens is 401 g/mol. The van der Waals surface area contributed by atoms with Crippen LogP contribution in [0.25, 0.3) is 10.6 Å². The summed E-state index contributed by atoms with van der Waals surface area (Å²) in [5.74, 6) is 0. The Kier molecular flexibility index (Phi) is 4.28. The smallest absolute Gasteiger partial charge is 0.149 e. The Morgan fingerprint density at radius 1 is 1.44 bits per heavy atom. The highest BCUT2D eigenvalue weighted by Gasteiger charge is 2.09. The fourth-order valence-electron chi connectivity index (χ4n) is 1.25. The normalized spacial score (nSPS) is 10.7. The summed E-state index contributed by atoms with van der Waals surface area (Å²) in [6.07, 6.45) is 0. The van der Waals surface area contributed by atoms with Crippen molar-refractivity contribution in [1.29, 1.82) is 0 Å². The van der Waals surface area contributed by atoms with Crippen LogP contribution >= 0.6 is 49.9 Å². The average molecular weight is 410 g/mol. The van der Waals surface area contributed by atoms with Gasteiger partial charge in [-0.3, -0.25) is 0 Å². The van der Waals surface area contributed by atoms with Crippen molar-refractivity contribution in [2.75, 3.05) is 7.05 Å². The van der Waals surface area contributed by atoms with Gasteiger partial charge in [0.05, 0.1) is 0 Å². The molecular formula is C10H9BrIN3S. The van der Waals surface area contributed by atoms with Gasteiger partial charge in [-0.2, -0.15) is 0 Å². The number of nitrogens with one attached hydrogen (secondary N) is 1. The highest BCUT2D eigenvalue weighted by atomic mass is 127. The molecule has 1 aromatic carbocycles. The van der Waals surface area contributed by atoms with Crippen LogP contribution in [0.1, 0.15) is 5.01 Å². The van der Waals surface area contributed by atoms with Crippen LogP contribution in [0.2, 0.25) is 0 Å². The minimum Gasteiger partial charge on any atom is -0.313 e. The topological polar surface area (TPSA) is 37.8 Å². The third-order valence-corrected chi connectivity index (χ3v) is 4.27. The number of aromatic nitrogens is 2. The van der Waals surface area contributed by atoms with Crippen LogP contribution in [0.15, 0.2) is 22.7 Å². The Labute approximate surface area is 120 Å². The van der Waals surface area contributed by atoms with Gasteiger partial charge < -0.3 is 5.32 Å². The number of rotatable bonds is 3. The van der Waals surface area contributed by atoms with Gasteiger partial charge in [0.2, 0.25) is 0 Å². The molecule has 1 heterocycles. The maximum absolute atomic E-state index is 4.20. The molecule has 3 nitrogen and oxygen atoms in total. The maximum Gasteiger partial charge on any atom is 0.149 e. The fraction of sp³-hybridized carbons (Fsp3) is 0.200. The largest absolute Gasteiger partial charge is 0.313 e. The zero-order valence-electron chi connectivity index (χ0n) is 8.50. The van der Waals surface area contributed by atoms with Crippen LogP contribution in [0, 0.1) is 3.57 Å². The predicted octanol–water partition coefficient (Wildman–Crippen LogP) is 3.29. The number of benzene rings is 1. The zero-order chi connectivity index (χ0) is 11.5. The summed E-state index contributed by atoms with van der Waals surface area (Å²) in [4.78, 5) is 0. The van der Waals surface area contributed by atoms with Crippen molar-refractivity contribution in [3.05, 3.63) is 31.2 Å². The lowest BCUT2D eigenvalue weighted by molar-refractivity contribution is 0.795. The van der Waals surface area contributed by atoms with Crippen LogP contribution in [0.5, 0.6) is 0 Å². The number of hydrogen-bond donors (Lipinski definition) is 1. The molecule has 84 valence electrons. The quantitative estimate of drug-likeness (QED) is 0.790. The summed E-state index contributed by atoms with van der Waals surface area (Å²) in [7, 11) is 1.91.